The molecular formula is C13H9ClFN4+. The Morgan fingerprint density at radius 3 is 2.47 bits per heavy atom. The fourth-order valence-electron chi connectivity index (χ4n) is 1.84. The fraction of sp³-hybridized carbons (Fsp3) is 0. The molecule has 6 heteroatoms. The molecular weight excluding hydrogens is 267 g/mol. The molecule has 0 bridgehead atoms. The molecule has 4 nitrogen and oxygen atoms in total. The normalized spacial score (nSPS) is 17.6. The Balaban J connectivity index is 2.00. The highest BCUT2D eigenvalue weighted by Crippen LogP contribution is 2.13. The van der Waals surface area contributed by atoms with Gasteiger partial charge in [0, 0.05) is 22.4 Å². The van der Waals surface area contributed by atoms with Gasteiger partial charge in [-0.05, 0) is 24.3 Å². The van der Waals surface area contributed by atoms with Crippen LogP contribution in [0, 0.1) is 5.82 Å². The van der Waals surface area contributed by atoms with Gasteiger partial charge in [-0.1, -0.05) is 28.8 Å². The number of amidine groups is 1. The lowest BCUT2D eigenvalue weighted by Gasteiger charge is -2.08. The predicted molar refractivity (Wildman–Crippen MR) is 69.9 cm³/mol. The zero-order chi connectivity index (χ0) is 13.2. The lowest BCUT2D eigenvalue weighted by atomic mass is 10.2. The third-order valence-corrected chi connectivity index (χ3v) is 3.01. The number of hydrogen-bond donors (Lipinski definition) is 1. The quantitative estimate of drug-likeness (QED) is 0.876. The van der Waals surface area contributed by atoms with Gasteiger partial charge >= 0.3 is 0 Å². The number of nitrogens with zero attached hydrogens (tertiary/aromatic N) is 3. The molecule has 0 aromatic heterocycles. The maximum absolute atomic E-state index is 13.8. The Morgan fingerprint density at radius 1 is 1.00 bits per heavy atom. The second-order valence-corrected chi connectivity index (χ2v) is 4.41. The fourth-order valence-corrected chi connectivity index (χ4v) is 1.97. The van der Waals surface area contributed by atoms with E-state index in [-0.39, 0.29) is 5.82 Å². The molecule has 0 amide bonds. The number of halogens is 2. The van der Waals surface area contributed by atoms with Crippen LogP contribution in [0.1, 0.15) is 5.56 Å². The van der Waals surface area contributed by atoms with Crippen LogP contribution in [0.5, 0.6) is 0 Å². The van der Waals surface area contributed by atoms with E-state index in [1.165, 1.54) is 6.07 Å². The number of quaternary nitrogens is 1. The first kappa shape index (κ1) is 12.0. The van der Waals surface area contributed by atoms with Crippen molar-refractivity contribution < 1.29 is 9.40 Å². The van der Waals surface area contributed by atoms with Crippen molar-refractivity contribution in [3.05, 3.63) is 64.9 Å². The minimum atomic E-state index is -0.347. The van der Waals surface area contributed by atoms with Crippen LogP contribution in [0.3, 0.4) is 0 Å². The molecule has 1 unspecified atom stereocenters. The molecule has 2 aromatic rings. The molecule has 19 heavy (non-hydrogen) atoms. The Hall–Kier alpha value is -2.11. The molecule has 1 atom stereocenters. The van der Waals surface area contributed by atoms with Gasteiger partial charge in [-0.15, -0.1) is 5.01 Å². The van der Waals surface area contributed by atoms with Gasteiger partial charge in [-0.3, -0.25) is 0 Å². The summed E-state index contributed by atoms with van der Waals surface area (Å²) in [6, 6.07) is 13.5. The van der Waals surface area contributed by atoms with Crippen LogP contribution in [-0.4, -0.2) is 5.84 Å². The van der Waals surface area contributed by atoms with Crippen molar-refractivity contribution in [1.82, 2.24) is 0 Å². The second-order valence-electron chi connectivity index (χ2n) is 3.97. The monoisotopic (exact) mass is 275 g/mol. The first-order valence-electron chi connectivity index (χ1n) is 5.62. The highest BCUT2D eigenvalue weighted by Gasteiger charge is 2.29. The maximum atomic E-state index is 13.8. The van der Waals surface area contributed by atoms with E-state index in [4.69, 9.17) is 11.6 Å². The van der Waals surface area contributed by atoms with Crippen LogP contribution in [-0.2, 0) is 0 Å². The van der Waals surface area contributed by atoms with E-state index in [0.29, 0.717) is 21.4 Å². The molecule has 1 heterocycles. The highest BCUT2D eigenvalue weighted by molar-refractivity contribution is 6.30. The van der Waals surface area contributed by atoms with Gasteiger partial charge in [0.1, 0.15) is 5.82 Å². The minimum Gasteiger partial charge on any atom is -0.206 e. The zero-order valence-corrected chi connectivity index (χ0v) is 10.5. The van der Waals surface area contributed by atoms with Crippen LogP contribution in [0.2, 0.25) is 5.02 Å². The third-order valence-electron chi connectivity index (χ3n) is 2.76. The van der Waals surface area contributed by atoms with Crippen LogP contribution >= 0.6 is 11.6 Å². The molecule has 0 saturated heterocycles. The summed E-state index contributed by atoms with van der Waals surface area (Å²) in [5.41, 5.74) is 1.19. The largest absolute Gasteiger partial charge is 0.290 e. The van der Waals surface area contributed by atoms with Crippen LogP contribution in [0.4, 0.5) is 10.1 Å². The van der Waals surface area contributed by atoms with Gasteiger partial charge in [0.2, 0.25) is 0 Å². The molecule has 1 aliphatic rings. The van der Waals surface area contributed by atoms with Crippen LogP contribution in [0.15, 0.2) is 64.1 Å². The lowest BCUT2D eigenvalue weighted by molar-refractivity contribution is -0.739. The first-order chi connectivity index (χ1) is 9.25. The number of hydrogen-bond acceptors (Lipinski definition) is 3. The molecule has 0 spiro atoms. The van der Waals surface area contributed by atoms with Gasteiger partial charge < -0.3 is 0 Å². The van der Waals surface area contributed by atoms with Crippen molar-refractivity contribution in [2.45, 2.75) is 0 Å². The first-order valence-corrected chi connectivity index (χ1v) is 6.00. The summed E-state index contributed by atoms with van der Waals surface area (Å²) in [5.74, 6) is 0.0837. The van der Waals surface area contributed by atoms with Crippen LogP contribution in [0.25, 0.3) is 0 Å². The highest BCUT2D eigenvalue weighted by atomic mass is 35.5. The SMILES string of the molecule is Fc1ccccc1C1=NN=N[NH+]1c1ccc(Cl)cc1. The molecule has 3 rings (SSSR count). The van der Waals surface area contributed by atoms with E-state index >= 15 is 0 Å². The summed E-state index contributed by atoms with van der Waals surface area (Å²) >= 11 is 5.84. The molecule has 94 valence electrons. The maximum Gasteiger partial charge on any atom is 0.290 e. The van der Waals surface area contributed by atoms with Gasteiger partial charge in [0.15, 0.2) is 5.69 Å². The van der Waals surface area contributed by atoms with E-state index in [1.807, 2.05) is 0 Å². The predicted octanol–water partition coefficient (Wildman–Crippen LogP) is 2.74. The van der Waals surface area contributed by atoms with Gasteiger partial charge in [-0.25, -0.2) is 4.39 Å². The molecule has 1 N–H and O–H groups in total. The van der Waals surface area contributed by atoms with Gasteiger partial charge in [-0.2, -0.15) is 0 Å². The summed E-state index contributed by atoms with van der Waals surface area (Å²) in [6.45, 7) is 0. The summed E-state index contributed by atoms with van der Waals surface area (Å²) < 4.78 is 13.8. The van der Waals surface area contributed by atoms with E-state index in [2.05, 4.69) is 15.5 Å². The second kappa shape index (κ2) is 4.87. The molecule has 2 aromatic carbocycles. The molecule has 0 aliphatic carbocycles. The summed E-state index contributed by atoms with van der Waals surface area (Å²) in [5, 5.41) is 12.7. The van der Waals surface area contributed by atoms with Crippen LogP contribution < -0.4 is 5.01 Å². The summed E-state index contributed by atoms with van der Waals surface area (Å²) in [6.07, 6.45) is 0. The number of benzene rings is 2. The average molecular weight is 276 g/mol. The average Bonchev–Trinajstić information content (AvgIpc) is 2.89. The summed E-state index contributed by atoms with van der Waals surface area (Å²) in [7, 11) is 0. The minimum absolute atomic E-state index is 0.347. The van der Waals surface area contributed by atoms with Crippen molar-refractivity contribution in [1.29, 1.82) is 0 Å². The molecule has 0 radical (unpaired) electrons. The van der Waals surface area contributed by atoms with Gasteiger partial charge in [0.05, 0.1) is 10.8 Å². The molecule has 0 fully saturated rings. The van der Waals surface area contributed by atoms with Crippen molar-refractivity contribution in [2.75, 3.05) is 0 Å². The van der Waals surface area contributed by atoms with E-state index in [9.17, 15) is 4.39 Å². The number of rotatable bonds is 2. The Kier molecular flexibility index (Phi) is 3.06. The Bertz CT molecular complexity index is 667. The lowest BCUT2D eigenvalue weighted by Crippen LogP contribution is -3.04. The smallest absolute Gasteiger partial charge is 0.206 e. The topological polar surface area (TPSA) is 41.5 Å². The van der Waals surface area contributed by atoms with Crippen molar-refractivity contribution in [3.8, 4) is 0 Å². The van der Waals surface area contributed by atoms with E-state index in [1.54, 1.807) is 42.5 Å². The zero-order valence-electron chi connectivity index (χ0n) is 9.72. The van der Waals surface area contributed by atoms with Crippen molar-refractivity contribution in [2.24, 2.45) is 15.5 Å². The number of nitrogens with one attached hydrogen (secondary N) is 1. The molecule has 1 aliphatic heterocycles. The van der Waals surface area contributed by atoms with Crippen molar-refractivity contribution >= 4 is 23.1 Å². The molecule has 0 saturated carbocycles. The van der Waals surface area contributed by atoms with Gasteiger partial charge in [0.25, 0.3) is 5.84 Å². The standard InChI is InChI=1S/C13H8ClFN4/c14-9-5-7-10(8-6-9)19-13(16-17-18-19)11-3-1-2-4-12(11)15/h1-8H/p+1. The van der Waals surface area contributed by atoms with Crippen molar-refractivity contribution in [3.63, 3.8) is 0 Å². The Morgan fingerprint density at radius 2 is 1.74 bits per heavy atom. The van der Waals surface area contributed by atoms with E-state index in [0.717, 1.165) is 5.69 Å². The Labute approximate surface area is 113 Å². The third kappa shape index (κ3) is 2.25. The van der Waals surface area contributed by atoms with E-state index < -0.39 is 0 Å². The summed E-state index contributed by atoms with van der Waals surface area (Å²) in [4.78, 5) is 0.